The molecule has 0 unspecified atom stereocenters. The molecular weight excluding hydrogens is 270 g/mol. The Balaban J connectivity index is 2.58. The number of aldehydes is 1. The van der Waals surface area contributed by atoms with Gasteiger partial charge in [0, 0.05) is 5.56 Å². The lowest BCUT2D eigenvalue weighted by Crippen LogP contribution is -2.03. The fourth-order valence-corrected chi connectivity index (χ4v) is 2.06. The summed E-state index contributed by atoms with van der Waals surface area (Å²) in [7, 11) is 3.11. The molecule has 2 rings (SSSR count). The summed E-state index contributed by atoms with van der Waals surface area (Å²) >= 11 is 0. The van der Waals surface area contributed by atoms with Gasteiger partial charge in [0.25, 0.3) is 0 Å². The Morgan fingerprint density at radius 3 is 2.62 bits per heavy atom. The normalized spacial score (nSPS) is 10.2. The van der Waals surface area contributed by atoms with Crippen LogP contribution in [0, 0.1) is 0 Å². The molecule has 0 saturated heterocycles. The van der Waals surface area contributed by atoms with E-state index < -0.39 is 0 Å². The van der Waals surface area contributed by atoms with E-state index >= 15 is 0 Å². The molecule has 1 aromatic heterocycles. The van der Waals surface area contributed by atoms with Gasteiger partial charge in [-0.15, -0.1) is 6.58 Å². The van der Waals surface area contributed by atoms with E-state index in [2.05, 4.69) is 11.7 Å². The molecule has 21 heavy (non-hydrogen) atoms. The van der Waals surface area contributed by atoms with Gasteiger partial charge in [0.15, 0.2) is 17.8 Å². The Labute approximate surface area is 122 Å². The number of benzene rings is 1. The smallest absolute Gasteiger partial charge is 0.161 e. The monoisotopic (exact) mass is 287 g/mol. The van der Waals surface area contributed by atoms with Gasteiger partial charge in [-0.2, -0.15) is 5.10 Å². The van der Waals surface area contributed by atoms with Crippen LogP contribution >= 0.6 is 0 Å². The number of hydrogen-bond acceptors (Lipinski definition) is 5. The summed E-state index contributed by atoms with van der Waals surface area (Å²) in [5, 5.41) is 4.36. The summed E-state index contributed by atoms with van der Waals surface area (Å²) in [4.78, 5) is 11.3. The molecule has 0 spiro atoms. The zero-order valence-electron chi connectivity index (χ0n) is 12.0. The largest absolute Gasteiger partial charge is 0.493 e. The van der Waals surface area contributed by atoms with Crippen molar-refractivity contribution in [2.24, 2.45) is 0 Å². The molecule has 0 aliphatic heterocycles. The molecular formula is C15H17N3O3. The minimum atomic E-state index is 0.315. The Morgan fingerprint density at radius 2 is 2.05 bits per heavy atom. The summed E-state index contributed by atoms with van der Waals surface area (Å²) in [5.74, 6) is 1.48. The number of nitrogens with two attached hydrogens (primary N) is 1. The highest BCUT2D eigenvalue weighted by Gasteiger charge is 2.17. The first-order valence-electron chi connectivity index (χ1n) is 6.31. The van der Waals surface area contributed by atoms with Crippen LogP contribution in [0.4, 0.5) is 5.82 Å². The fourth-order valence-electron chi connectivity index (χ4n) is 2.06. The maximum atomic E-state index is 11.3. The number of nitrogen functional groups attached to an aromatic ring is 1. The van der Waals surface area contributed by atoms with Crippen LogP contribution in [0.2, 0.25) is 0 Å². The van der Waals surface area contributed by atoms with Gasteiger partial charge in [-0.1, -0.05) is 6.08 Å². The van der Waals surface area contributed by atoms with E-state index in [4.69, 9.17) is 15.2 Å². The number of methoxy groups -OCH3 is 2. The van der Waals surface area contributed by atoms with Crippen molar-refractivity contribution in [1.29, 1.82) is 0 Å². The van der Waals surface area contributed by atoms with Gasteiger partial charge in [-0.25, -0.2) is 4.68 Å². The zero-order valence-corrected chi connectivity index (χ0v) is 12.0. The summed E-state index contributed by atoms with van der Waals surface area (Å²) < 4.78 is 12.0. The van der Waals surface area contributed by atoms with E-state index in [1.807, 2.05) is 0 Å². The van der Waals surface area contributed by atoms with Crippen LogP contribution in [0.15, 0.2) is 30.9 Å². The SMILES string of the molecule is C=CCn1nc(-c2ccc(OC)c(OC)c2)c(C=O)c1N. The molecule has 2 N–H and O–H groups in total. The van der Waals surface area contributed by atoms with Gasteiger partial charge < -0.3 is 15.2 Å². The van der Waals surface area contributed by atoms with Crippen molar-refractivity contribution in [3.8, 4) is 22.8 Å². The Morgan fingerprint density at radius 1 is 1.33 bits per heavy atom. The molecule has 0 atom stereocenters. The molecule has 0 fully saturated rings. The molecule has 0 saturated carbocycles. The van der Waals surface area contributed by atoms with Crippen molar-refractivity contribution in [2.45, 2.75) is 6.54 Å². The standard InChI is InChI=1S/C15H17N3O3/c1-4-7-18-15(16)11(9-19)14(17-18)10-5-6-12(20-2)13(8-10)21-3/h4-6,8-9H,1,7,16H2,2-3H3. The first-order valence-corrected chi connectivity index (χ1v) is 6.31. The van der Waals surface area contributed by atoms with E-state index in [9.17, 15) is 4.79 Å². The summed E-state index contributed by atoms with van der Waals surface area (Å²) in [6.45, 7) is 4.07. The molecule has 0 radical (unpaired) electrons. The predicted octanol–water partition coefficient (Wildman–Crippen LogP) is 2.15. The van der Waals surface area contributed by atoms with Gasteiger partial charge in [-0.05, 0) is 18.2 Å². The topological polar surface area (TPSA) is 79.4 Å². The highest BCUT2D eigenvalue weighted by molar-refractivity contribution is 5.91. The van der Waals surface area contributed by atoms with Crippen molar-refractivity contribution in [3.63, 3.8) is 0 Å². The Hall–Kier alpha value is -2.76. The van der Waals surface area contributed by atoms with Gasteiger partial charge in [0.05, 0.1) is 26.3 Å². The van der Waals surface area contributed by atoms with E-state index in [0.717, 1.165) is 5.56 Å². The molecule has 0 aliphatic rings. The van der Waals surface area contributed by atoms with Gasteiger partial charge in [0.2, 0.25) is 0 Å². The average Bonchev–Trinajstić information content (AvgIpc) is 2.83. The Kier molecular flexibility index (Phi) is 4.27. The lowest BCUT2D eigenvalue weighted by molar-refractivity contribution is 0.112. The highest BCUT2D eigenvalue weighted by Crippen LogP contribution is 2.34. The Bertz CT molecular complexity index is 677. The molecule has 6 heteroatoms. The number of ether oxygens (including phenoxy) is 2. The minimum Gasteiger partial charge on any atom is -0.493 e. The molecule has 0 aliphatic carbocycles. The molecule has 0 bridgehead atoms. The number of hydrogen-bond donors (Lipinski definition) is 1. The zero-order chi connectivity index (χ0) is 15.4. The van der Waals surface area contributed by atoms with Gasteiger partial charge in [-0.3, -0.25) is 4.79 Å². The van der Waals surface area contributed by atoms with Crippen LogP contribution in [0.1, 0.15) is 10.4 Å². The van der Waals surface area contributed by atoms with E-state index in [-0.39, 0.29) is 0 Å². The second kappa shape index (κ2) is 6.13. The van der Waals surface area contributed by atoms with Crippen LogP contribution in [0.25, 0.3) is 11.3 Å². The molecule has 1 heterocycles. The maximum Gasteiger partial charge on any atom is 0.161 e. The highest BCUT2D eigenvalue weighted by atomic mass is 16.5. The van der Waals surface area contributed by atoms with E-state index in [1.54, 1.807) is 38.5 Å². The lowest BCUT2D eigenvalue weighted by Gasteiger charge is -2.08. The summed E-state index contributed by atoms with van der Waals surface area (Å²) in [6, 6.07) is 5.31. The third-order valence-corrected chi connectivity index (χ3v) is 3.11. The predicted molar refractivity (Wildman–Crippen MR) is 80.8 cm³/mol. The quantitative estimate of drug-likeness (QED) is 0.650. The molecule has 1 aromatic carbocycles. The first kappa shape index (κ1) is 14.6. The van der Waals surface area contributed by atoms with Gasteiger partial charge >= 0.3 is 0 Å². The first-order chi connectivity index (χ1) is 10.2. The van der Waals surface area contributed by atoms with Crippen molar-refractivity contribution in [3.05, 3.63) is 36.4 Å². The van der Waals surface area contributed by atoms with Crippen molar-refractivity contribution >= 4 is 12.1 Å². The van der Waals surface area contributed by atoms with Crippen LogP contribution < -0.4 is 15.2 Å². The molecule has 2 aromatic rings. The van der Waals surface area contributed by atoms with Gasteiger partial charge in [0.1, 0.15) is 11.5 Å². The van der Waals surface area contributed by atoms with Crippen LogP contribution in [0.5, 0.6) is 11.5 Å². The van der Waals surface area contributed by atoms with E-state index in [1.165, 1.54) is 4.68 Å². The fraction of sp³-hybridized carbons (Fsp3) is 0.200. The number of carbonyl (C=O) groups excluding carboxylic acids is 1. The summed E-state index contributed by atoms with van der Waals surface area (Å²) in [5.41, 5.74) is 7.51. The minimum absolute atomic E-state index is 0.315. The van der Waals surface area contributed by atoms with E-state index in [0.29, 0.717) is 41.4 Å². The third-order valence-electron chi connectivity index (χ3n) is 3.11. The number of allylic oxidation sites excluding steroid dienone is 1. The average molecular weight is 287 g/mol. The number of anilines is 1. The van der Waals surface area contributed by atoms with Crippen LogP contribution in [0.3, 0.4) is 0 Å². The third kappa shape index (κ3) is 2.60. The molecule has 110 valence electrons. The number of carbonyl (C=O) groups is 1. The van der Waals surface area contributed by atoms with Crippen molar-refractivity contribution < 1.29 is 14.3 Å². The number of rotatable bonds is 6. The second-order valence-electron chi connectivity index (χ2n) is 4.31. The van der Waals surface area contributed by atoms with Crippen LogP contribution in [-0.2, 0) is 6.54 Å². The summed E-state index contributed by atoms with van der Waals surface area (Å²) in [6.07, 6.45) is 2.37. The maximum absolute atomic E-state index is 11.3. The number of aromatic nitrogens is 2. The molecule has 6 nitrogen and oxygen atoms in total. The molecule has 0 amide bonds. The van der Waals surface area contributed by atoms with Crippen LogP contribution in [-0.4, -0.2) is 30.3 Å². The second-order valence-corrected chi connectivity index (χ2v) is 4.31. The van der Waals surface area contributed by atoms with Crippen molar-refractivity contribution in [2.75, 3.05) is 20.0 Å². The number of nitrogens with zero attached hydrogens (tertiary/aromatic N) is 2. The van der Waals surface area contributed by atoms with Crippen molar-refractivity contribution in [1.82, 2.24) is 9.78 Å². The lowest BCUT2D eigenvalue weighted by atomic mass is 10.1.